The largest absolute Gasteiger partial charge is 0.330 e. The molecule has 3 rings (SSSR count). The van der Waals surface area contributed by atoms with Crippen LogP contribution in [-0.2, 0) is 0 Å². The lowest BCUT2D eigenvalue weighted by atomic mass is 9.93. The van der Waals surface area contributed by atoms with E-state index in [1.54, 1.807) is 16.7 Å². The van der Waals surface area contributed by atoms with Gasteiger partial charge < -0.3 is 4.98 Å². The molecule has 1 heterocycles. The Bertz CT molecular complexity index is 746. The molecule has 0 unspecified atom stereocenters. The van der Waals surface area contributed by atoms with E-state index >= 15 is 0 Å². The van der Waals surface area contributed by atoms with Crippen LogP contribution in [-0.4, -0.2) is 9.55 Å². The number of aromatic amines is 1. The number of aromatic nitrogens is 2. The molecule has 1 saturated carbocycles. The molecule has 1 aliphatic rings. The average molecular weight is 301 g/mol. The third kappa shape index (κ3) is 1.79. The van der Waals surface area contributed by atoms with E-state index in [4.69, 9.17) is 35.4 Å². The fourth-order valence-corrected chi connectivity index (χ4v) is 3.11. The first-order valence-electron chi connectivity index (χ1n) is 5.71. The number of H-pyrrole nitrogens is 1. The fourth-order valence-electron chi connectivity index (χ4n) is 2.24. The van der Waals surface area contributed by atoms with Crippen LogP contribution in [0.25, 0.3) is 10.9 Å². The third-order valence-electron chi connectivity index (χ3n) is 3.39. The lowest BCUT2D eigenvalue weighted by molar-refractivity contribution is 0.302. The summed E-state index contributed by atoms with van der Waals surface area (Å²) in [7, 11) is 0. The average Bonchev–Trinajstić information content (AvgIpc) is 2.23. The summed E-state index contributed by atoms with van der Waals surface area (Å²) in [6.07, 6.45) is 3.13. The highest BCUT2D eigenvalue weighted by Crippen LogP contribution is 2.31. The molecule has 0 aliphatic heterocycles. The van der Waals surface area contributed by atoms with Gasteiger partial charge in [-0.3, -0.25) is 9.36 Å². The number of nitrogens with zero attached hydrogens (tertiary/aromatic N) is 1. The Labute approximate surface area is 118 Å². The van der Waals surface area contributed by atoms with Crippen LogP contribution in [0.15, 0.2) is 16.9 Å². The zero-order valence-corrected chi connectivity index (χ0v) is 11.7. The molecule has 0 radical (unpaired) electrons. The zero-order chi connectivity index (χ0) is 12.9. The maximum absolute atomic E-state index is 12.4. The fraction of sp³-hybridized carbons (Fsp3) is 0.333. The van der Waals surface area contributed by atoms with Crippen molar-refractivity contribution in [2.75, 3.05) is 0 Å². The van der Waals surface area contributed by atoms with E-state index in [2.05, 4.69) is 4.98 Å². The molecular weight excluding hydrogens is 291 g/mol. The monoisotopic (exact) mass is 300 g/mol. The summed E-state index contributed by atoms with van der Waals surface area (Å²) in [6, 6.07) is 3.44. The van der Waals surface area contributed by atoms with Crippen molar-refractivity contribution in [3.63, 3.8) is 0 Å². The second-order valence-corrected chi connectivity index (χ2v) is 5.73. The third-order valence-corrected chi connectivity index (χ3v) is 4.21. The highest BCUT2D eigenvalue weighted by molar-refractivity contribution is 7.71. The number of hydrogen-bond acceptors (Lipinski definition) is 2. The van der Waals surface area contributed by atoms with Crippen molar-refractivity contribution in [2.45, 2.75) is 25.3 Å². The zero-order valence-electron chi connectivity index (χ0n) is 9.37. The van der Waals surface area contributed by atoms with E-state index in [0.717, 1.165) is 19.3 Å². The van der Waals surface area contributed by atoms with Gasteiger partial charge >= 0.3 is 0 Å². The summed E-state index contributed by atoms with van der Waals surface area (Å²) in [5.41, 5.74) is 0.453. The van der Waals surface area contributed by atoms with Gasteiger partial charge in [-0.25, -0.2) is 0 Å². The first kappa shape index (κ1) is 12.2. The highest BCUT2D eigenvalue weighted by Gasteiger charge is 2.22. The predicted molar refractivity (Wildman–Crippen MR) is 76.3 cm³/mol. The van der Waals surface area contributed by atoms with E-state index in [-0.39, 0.29) is 11.6 Å². The van der Waals surface area contributed by atoms with Gasteiger partial charge in [0, 0.05) is 11.1 Å². The van der Waals surface area contributed by atoms with Crippen LogP contribution in [0.4, 0.5) is 0 Å². The summed E-state index contributed by atoms with van der Waals surface area (Å²) in [5, 5.41) is 1.37. The maximum Gasteiger partial charge on any atom is 0.262 e. The molecule has 1 aromatic carbocycles. The van der Waals surface area contributed by atoms with Crippen LogP contribution < -0.4 is 5.56 Å². The van der Waals surface area contributed by atoms with Crippen LogP contribution in [0.2, 0.25) is 10.0 Å². The van der Waals surface area contributed by atoms with Crippen LogP contribution in [0, 0.1) is 4.77 Å². The van der Waals surface area contributed by atoms with Crippen LogP contribution >= 0.6 is 35.4 Å². The molecule has 0 amide bonds. The van der Waals surface area contributed by atoms with Crippen molar-refractivity contribution >= 4 is 46.3 Å². The molecule has 18 heavy (non-hydrogen) atoms. The Balaban J connectivity index is 2.40. The minimum absolute atomic E-state index is 0.108. The summed E-state index contributed by atoms with van der Waals surface area (Å²) in [5.74, 6) is 0. The minimum Gasteiger partial charge on any atom is -0.330 e. The van der Waals surface area contributed by atoms with Gasteiger partial charge in [0.25, 0.3) is 5.56 Å². The second kappa shape index (κ2) is 4.37. The van der Waals surface area contributed by atoms with Gasteiger partial charge in [0.2, 0.25) is 0 Å². The number of benzene rings is 1. The van der Waals surface area contributed by atoms with Crippen LogP contribution in [0.1, 0.15) is 25.3 Å². The topological polar surface area (TPSA) is 37.8 Å². The van der Waals surface area contributed by atoms with Gasteiger partial charge in [-0.15, -0.1) is 0 Å². The summed E-state index contributed by atoms with van der Waals surface area (Å²) in [4.78, 5) is 15.5. The summed E-state index contributed by atoms with van der Waals surface area (Å²) in [6.45, 7) is 0. The van der Waals surface area contributed by atoms with Crippen molar-refractivity contribution in [1.82, 2.24) is 9.55 Å². The molecule has 2 aromatic rings. The van der Waals surface area contributed by atoms with Crippen molar-refractivity contribution < 1.29 is 0 Å². The Kier molecular flexibility index (Phi) is 2.96. The molecule has 1 fully saturated rings. The Morgan fingerprint density at radius 1 is 1.33 bits per heavy atom. The number of rotatable bonds is 1. The van der Waals surface area contributed by atoms with Crippen LogP contribution in [0.5, 0.6) is 0 Å². The van der Waals surface area contributed by atoms with Crippen molar-refractivity contribution in [1.29, 1.82) is 0 Å². The number of nitrogens with one attached hydrogen (secondary N) is 1. The smallest absolute Gasteiger partial charge is 0.262 e. The molecule has 94 valence electrons. The minimum atomic E-state index is -0.108. The van der Waals surface area contributed by atoms with Crippen molar-refractivity contribution in [2.24, 2.45) is 0 Å². The number of hydrogen-bond donors (Lipinski definition) is 1. The lowest BCUT2D eigenvalue weighted by Gasteiger charge is -2.27. The standard InChI is InChI=1S/C12H10Cl2N2OS/c13-6-4-8-10(9(14)5-6)15-12(18)16(11(8)17)7-2-1-3-7/h4-5,7H,1-3H2,(H,15,18). The molecule has 0 atom stereocenters. The normalized spacial score (nSPS) is 15.9. The van der Waals surface area contributed by atoms with Gasteiger partial charge in [0.05, 0.1) is 15.9 Å². The van der Waals surface area contributed by atoms with E-state index in [0.29, 0.717) is 25.7 Å². The number of fused-ring (bicyclic) bond motifs is 1. The number of halogens is 2. The quantitative estimate of drug-likeness (QED) is 0.806. The Morgan fingerprint density at radius 2 is 2.06 bits per heavy atom. The second-order valence-electron chi connectivity index (χ2n) is 4.50. The molecule has 0 bridgehead atoms. The molecule has 1 aliphatic carbocycles. The molecular formula is C12H10Cl2N2OS. The van der Waals surface area contributed by atoms with E-state index in [1.165, 1.54) is 0 Å². The van der Waals surface area contributed by atoms with Crippen molar-refractivity contribution in [3.05, 3.63) is 37.3 Å². The molecule has 0 spiro atoms. The first-order chi connectivity index (χ1) is 8.58. The molecule has 0 saturated heterocycles. The Hall–Kier alpha value is -0.840. The highest BCUT2D eigenvalue weighted by atomic mass is 35.5. The van der Waals surface area contributed by atoms with Gasteiger partial charge in [0.15, 0.2) is 4.77 Å². The van der Waals surface area contributed by atoms with Gasteiger partial charge in [-0.2, -0.15) is 0 Å². The SMILES string of the molecule is O=c1c2cc(Cl)cc(Cl)c2[nH]c(=S)n1C1CCC1. The van der Waals surface area contributed by atoms with Gasteiger partial charge in [-0.05, 0) is 43.6 Å². The molecule has 1 N–H and O–H groups in total. The first-order valence-corrected chi connectivity index (χ1v) is 6.88. The predicted octanol–water partition coefficient (Wildman–Crippen LogP) is 4.09. The van der Waals surface area contributed by atoms with Gasteiger partial charge in [0.1, 0.15) is 0 Å². The van der Waals surface area contributed by atoms with E-state index in [9.17, 15) is 4.79 Å². The molecule has 1 aromatic heterocycles. The molecule has 3 nitrogen and oxygen atoms in total. The summed E-state index contributed by atoms with van der Waals surface area (Å²) < 4.78 is 2.08. The van der Waals surface area contributed by atoms with E-state index < -0.39 is 0 Å². The van der Waals surface area contributed by atoms with Crippen molar-refractivity contribution in [3.8, 4) is 0 Å². The molecule has 6 heteroatoms. The lowest BCUT2D eigenvalue weighted by Crippen LogP contribution is -2.30. The van der Waals surface area contributed by atoms with Gasteiger partial charge in [-0.1, -0.05) is 23.2 Å². The summed E-state index contributed by atoms with van der Waals surface area (Å²) >= 11 is 17.3. The maximum atomic E-state index is 12.4. The van der Waals surface area contributed by atoms with E-state index in [1.807, 2.05) is 0 Å². The Morgan fingerprint density at radius 3 is 2.67 bits per heavy atom. The van der Waals surface area contributed by atoms with Crippen LogP contribution in [0.3, 0.4) is 0 Å².